The molecule has 1 aliphatic rings. The van der Waals surface area contributed by atoms with Crippen molar-refractivity contribution in [1.29, 1.82) is 0 Å². The fraction of sp³-hybridized carbons (Fsp3) is 0.556. The zero-order valence-electron chi connectivity index (χ0n) is 9.57. The van der Waals surface area contributed by atoms with Gasteiger partial charge >= 0.3 is 0 Å². The Hall–Kier alpha value is -1.88. The van der Waals surface area contributed by atoms with Gasteiger partial charge in [0, 0.05) is 0 Å². The van der Waals surface area contributed by atoms with Gasteiger partial charge in [-0.05, 0) is 0 Å². The highest BCUT2D eigenvalue weighted by atomic mass is 16.6. The zero-order valence-corrected chi connectivity index (χ0v) is 9.57. The molecule has 3 heterocycles. The molecule has 19 heavy (non-hydrogen) atoms. The number of aliphatic hydroxyl groups is 3. The fourth-order valence-electron chi connectivity index (χ4n) is 1.87. The van der Waals surface area contributed by atoms with Gasteiger partial charge in [0.2, 0.25) is 18.0 Å². The Balaban J connectivity index is 1.84. The predicted octanol–water partition coefficient (Wildman–Crippen LogP) is -2.06. The second-order valence-corrected chi connectivity index (χ2v) is 4.03. The first-order valence-corrected chi connectivity index (χ1v) is 5.51. The lowest BCUT2D eigenvalue weighted by Gasteiger charge is -2.13. The van der Waals surface area contributed by atoms with Crippen LogP contribution >= 0.6 is 0 Å². The normalized spacial score (nSPS) is 30.9. The van der Waals surface area contributed by atoms with Crippen LogP contribution in [-0.4, -0.2) is 65.1 Å². The summed E-state index contributed by atoms with van der Waals surface area (Å²) in [5.41, 5.74) is 0. The van der Waals surface area contributed by atoms with Crippen LogP contribution in [0.5, 0.6) is 0 Å². The van der Waals surface area contributed by atoms with Gasteiger partial charge in [-0.1, -0.05) is 5.16 Å². The topological polar surface area (TPSA) is 140 Å². The highest BCUT2D eigenvalue weighted by Crippen LogP contribution is 2.28. The second kappa shape index (κ2) is 4.66. The quantitative estimate of drug-likeness (QED) is 0.573. The van der Waals surface area contributed by atoms with Crippen molar-refractivity contribution in [1.82, 2.24) is 24.9 Å². The van der Waals surface area contributed by atoms with E-state index in [1.54, 1.807) is 0 Å². The van der Waals surface area contributed by atoms with Crippen LogP contribution in [0.25, 0.3) is 11.6 Å². The molecule has 0 saturated carbocycles. The maximum atomic E-state index is 9.83. The van der Waals surface area contributed by atoms with Gasteiger partial charge < -0.3 is 24.6 Å². The van der Waals surface area contributed by atoms with Gasteiger partial charge in [0.15, 0.2) is 6.23 Å². The van der Waals surface area contributed by atoms with Crippen LogP contribution in [0, 0.1) is 0 Å². The molecule has 1 aliphatic heterocycles. The monoisotopic (exact) mass is 269 g/mol. The number of aromatic nitrogens is 5. The highest BCUT2D eigenvalue weighted by Gasteiger charge is 2.44. The molecular weight excluding hydrogens is 258 g/mol. The van der Waals surface area contributed by atoms with Gasteiger partial charge in [-0.2, -0.15) is 4.98 Å². The van der Waals surface area contributed by atoms with Gasteiger partial charge in [-0.3, -0.25) is 0 Å². The number of nitrogens with zero attached hydrogens (tertiary/aromatic N) is 5. The third-order valence-electron chi connectivity index (χ3n) is 2.85. The van der Waals surface area contributed by atoms with Crippen molar-refractivity contribution in [3.8, 4) is 11.6 Å². The van der Waals surface area contributed by atoms with Crippen molar-refractivity contribution >= 4 is 0 Å². The van der Waals surface area contributed by atoms with Crippen molar-refractivity contribution in [2.75, 3.05) is 6.61 Å². The van der Waals surface area contributed by atoms with E-state index < -0.39 is 31.1 Å². The molecule has 2 aromatic rings. The minimum atomic E-state index is -1.21. The zero-order chi connectivity index (χ0) is 13.4. The molecule has 0 amide bonds. The molecule has 0 aliphatic carbocycles. The summed E-state index contributed by atoms with van der Waals surface area (Å²) in [6.07, 6.45) is -1.74. The van der Waals surface area contributed by atoms with E-state index in [0.717, 1.165) is 6.39 Å². The van der Waals surface area contributed by atoms with Crippen molar-refractivity contribution in [3.63, 3.8) is 0 Å². The van der Waals surface area contributed by atoms with Gasteiger partial charge in [0.05, 0.1) is 6.61 Å². The van der Waals surface area contributed by atoms with Gasteiger partial charge in [0.1, 0.15) is 24.6 Å². The average molecular weight is 269 g/mol. The van der Waals surface area contributed by atoms with Crippen LogP contribution in [0.1, 0.15) is 6.23 Å². The van der Waals surface area contributed by atoms with Crippen molar-refractivity contribution < 1.29 is 24.6 Å². The average Bonchev–Trinajstić information content (AvgIpc) is 3.12. The van der Waals surface area contributed by atoms with E-state index in [0.29, 0.717) is 0 Å². The van der Waals surface area contributed by atoms with Crippen LogP contribution < -0.4 is 0 Å². The summed E-state index contributed by atoms with van der Waals surface area (Å²) in [6.45, 7) is -0.402. The molecule has 102 valence electrons. The standard InChI is InChI=1S/C9H11N5O5/c15-1-4-5(16)6(17)9(19-4)14-2-10-7(12-14)8-11-3-18-13-8/h2-6,9,15-17H,1H2/t4-,5-,6-,9-/m1/s1. The Labute approximate surface area is 106 Å². The lowest BCUT2D eigenvalue weighted by Crippen LogP contribution is -2.33. The SMILES string of the molecule is OC[C@H]1O[C@@H](n2cnc(-c3ncon3)n2)[C@H](O)[C@@H]1O. The van der Waals surface area contributed by atoms with E-state index in [1.807, 2.05) is 0 Å². The maximum absolute atomic E-state index is 9.83. The Morgan fingerprint density at radius 3 is 2.68 bits per heavy atom. The Morgan fingerprint density at radius 1 is 1.21 bits per heavy atom. The molecular formula is C9H11N5O5. The first-order chi connectivity index (χ1) is 9.20. The van der Waals surface area contributed by atoms with Crippen LogP contribution in [0.4, 0.5) is 0 Å². The minimum absolute atomic E-state index is 0.200. The maximum Gasteiger partial charge on any atom is 0.241 e. The van der Waals surface area contributed by atoms with E-state index in [9.17, 15) is 10.2 Å². The van der Waals surface area contributed by atoms with Gasteiger partial charge in [0.25, 0.3) is 0 Å². The Bertz CT molecular complexity index is 543. The summed E-state index contributed by atoms with van der Waals surface area (Å²) in [5, 5.41) is 36.1. The number of hydrogen-bond donors (Lipinski definition) is 3. The van der Waals surface area contributed by atoms with E-state index in [-0.39, 0.29) is 11.6 Å². The fourth-order valence-corrected chi connectivity index (χ4v) is 1.87. The number of rotatable bonds is 3. The summed E-state index contributed by atoms with van der Waals surface area (Å²) >= 11 is 0. The van der Waals surface area contributed by atoms with Crippen molar-refractivity contribution in [3.05, 3.63) is 12.7 Å². The van der Waals surface area contributed by atoms with Crippen LogP contribution in [-0.2, 0) is 4.74 Å². The predicted molar refractivity (Wildman–Crippen MR) is 56.3 cm³/mol. The lowest BCUT2D eigenvalue weighted by atomic mass is 10.1. The molecule has 10 heteroatoms. The molecule has 0 unspecified atom stereocenters. The van der Waals surface area contributed by atoms with Crippen LogP contribution in [0.3, 0.4) is 0 Å². The smallest absolute Gasteiger partial charge is 0.241 e. The summed E-state index contributed by atoms with van der Waals surface area (Å²) in [6, 6.07) is 0. The number of ether oxygens (including phenoxy) is 1. The molecule has 3 N–H and O–H groups in total. The van der Waals surface area contributed by atoms with Crippen LogP contribution in [0.2, 0.25) is 0 Å². The molecule has 0 radical (unpaired) electrons. The molecule has 0 bridgehead atoms. The summed E-state index contributed by atoms with van der Waals surface area (Å²) in [5.74, 6) is 0.400. The molecule has 0 spiro atoms. The molecule has 2 aromatic heterocycles. The highest BCUT2D eigenvalue weighted by molar-refractivity contribution is 5.39. The Kier molecular flexibility index (Phi) is 2.98. The first-order valence-electron chi connectivity index (χ1n) is 5.51. The van der Waals surface area contributed by atoms with E-state index in [2.05, 4.69) is 24.7 Å². The van der Waals surface area contributed by atoms with Crippen molar-refractivity contribution in [2.45, 2.75) is 24.5 Å². The third kappa shape index (κ3) is 2.00. The number of aliphatic hydroxyl groups excluding tert-OH is 3. The van der Waals surface area contributed by atoms with Gasteiger partial charge in [-0.25, -0.2) is 9.67 Å². The molecule has 3 rings (SSSR count). The largest absolute Gasteiger partial charge is 0.394 e. The lowest BCUT2D eigenvalue weighted by molar-refractivity contribution is -0.0587. The summed E-state index contributed by atoms with van der Waals surface area (Å²) in [7, 11) is 0. The molecule has 0 aromatic carbocycles. The molecule has 10 nitrogen and oxygen atoms in total. The second-order valence-electron chi connectivity index (χ2n) is 4.03. The van der Waals surface area contributed by atoms with Crippen molar-refractivity contribution in [2.24, 2.45) is 0 Å². The van der Waals surface area contributed by atoms with Crippen LogP contribution in [0.15, 0.2) is 17.2 Å². The van der Waals surface area contributed by atoms with E-state index >= 15 is 0 Å². The molecule has 1 fully saturated rings. The number of hydrogen-bond acceptors (Lipinski definition) is 9. The molecule has 1 saturated heterocycles. The summed E-state index contributed by atoms with van der Waals surface area (Å²) < 4.78 is 11.1. The third-order valence-corrected chi connectivity index (χ3v) is 2.85. The Morgan fingerprint density at radius 2 is 2.05 bits per heavy atom. The molecule has 4 atom stereocenters. The summed E-state index contributed by atoms with van der Waals surface area (Å²) in [4.78, 5) is 7.73. The van der Waals surface area contributed by atoms with E-state index in [1.165, 1.54) is 11.0 Å². The van der Waals surface area contributed by atoms with Gasteiger partial charge in [-0.15, -0.1) is 5.10 Å². The van der Waals surface area contributed by atoms with E-state index in [4.69, 9.17) is 9.84 Å². The minimum Gasteiger partial charge on any atom is -0.394 e. The first kappa shape index (κ1) is 12.2.